The molecule has 4 heteroatoms. The Kier molecular flexibility index (Phi) is 4.60. The van der Waals surface area contributed by atoms with Gasteiger partial charge in [-0.15, -0.1) is 12.4 Å². The number of nitrogens with two attached hydrogens (primary N) is 1. The molecule has 2 fully saturated rings. The van der Waals surface area contributed by atoms with Gasteiger partial charge in [0.2, 0.25) is 0 Å². The lowest BCUT2D eigenvalue weighted by atomic mass is 9.78. The summed E-state index contributed by atoms with van der Waals surface area (Å²) in [5.41, 5.74) is 7.41. The van der Waals surface area contributed by atoms with E-state index in [2.05, 4.69) is 22.0 Å². The monoisotopic (exact) mass is 267 g/mol. The number of halogens is 1. The van der Waals surface area contributed by atoms with Crippen molar-refractivity contribution in [1.82, 2.24) is 9.88 Å². The van der Waals surface area contributed by atoms with Crippen LogP contribution in [0.4, 0.5) is 0 Å². The topological polar surface area (TPSA) is 42.1 Å². The number of pyridine rings is 1. The molecule has 1 aromatic rings. The first kappa shape index (κ1) is 13.8. The Balaban J connectivity index is 0.00000120. The Bertz CT molecular complexity index is 371. The van der Waals surface area contributed by atoms with E-state index in [1.807, 2.05) is 12.3 Å². The highest BCUT2D eigenvalue weighted by Gasteiger charge is 2.38. The van der Waals surface area contributed by atoms with Gasteiger partial charge in [-0.1, -0.05) is 12.5 Å². The maximum absolute atomic E-state index is 6.23. The van der Waals surface area contributed by atoms with Crippen molar-refractivity contribution in [2.24, 2.45) is 17.6 Å². The molecular formula is C14H22ClN3. The van der Waals surface area contributed by atoms with Crippen molar-refractivity contribution in [3.05, 3.63) is 30.1 Å². The lowest BCUT2D eigenvalue weighted by molar-refractivity contribution is 0.259. The first-order valence-corrected chi connectivity index (χ1v) is 6.71. The number of aromatic nitrogens is 1. The van der Waals surface area contributed by atoms with Gasteiger partial charge in [-0.25, -0.2) is 0 Å². The van der Waals surface area contributed by atoms with E-state index >= 15 is 0 Å². The van der Waals surface area contributed by atoms with Crippen molar-refractivity contribution < 1.29 is 0 Å². The summed E-state index contributed by atoms with van der Waals surface area (Å²) in [5.74, 6) is 1.56. The minimum Gasteiger partial charge on any atom is -0.327 e. The number of likely N-dealkylation sites (tertiary alicyclic amines) is 1. The van der Waals surface area contributed by atoms with E-state index < -0.39 is 0 Å². The average Bonchev–Trinajstić information content (AvgIpc) is 2.74. The largest absolute Gasteiger partial charge is 0.327 e. The first-order chi connectivity index (χ1) is 8.33. The summed E-state index contributed by atoms with van der Waals surface area (Å²) < 4.78 is 0. The van der Waals surface area contributed by atoms with Crippen LogP contribution in [0.2, 0.25) is 0 Å². The van der Waals surface area contributed by atoms with Crippen LogP contribution in [0.25, 0.3) is 0 Å². The Morgan fingerprint density at radius 3 is 2.89 bits per heavy atom. The summed E-state index contributed by atoms with van der Waals surface area (Å²) in [4.78, 5) is 6.94. The second-order valence-electron chi connectivity index (χ2n) is 5.53. The van der Waals surface area contributed by atoms with E-state index in [0.29, 0.717) is 6.04 Å². The third kappa shape index (κ3) is 2.85. The van der Waals surface area contributed by atoms with Crippen molar-refractivity contribution in [1.29, 1.82) is 0 Å². The van der Waals surface area contributed by atoms with Crippen LogP contribution in [-0.4, -0.2) is 29.0 Å². The van der Waals surface area contributed by atoms with Crippen molar-refractivity contribution in [2.45, 2.75) is 31.8 Å². The Morgan fingerprint density at radius 2 is 2.17 bits per heavy atom. The average molecular weight is 268 g/mol. The molecule has 0 bridgehead atoms. The van der Waals surface area contributed by atoms with E-state index in [1.54, 1.807) is 0 Å². The molecule has 0 spiro atoms. The third-order valence-corrected chi connectivity index (χ3v) is 4.34. The zero-order valence-corrected chi connectivity index (χ0v) is 11.5. The third-order valence-electron chi connectivity index (χ3n) is 4.34. The van der Waals surface area contributed by atoms with Crippen LogP contribution >= 0.6 is 12.4 Å². The summed E-state index contributed by atoms with van der Waals surface area (Å²) in [6.45, 7) is 3.37. The van der Waals surface area contributed by atoms with Gasteiger partial charge >= 0.3 is 0 Å². The highest BCUT2D eigenvalue weighted by molar-refractivity contribution is 5.85. The minimum absolute atomic E-state index is 0. The first-order valence-electron chi connectivity index (χ1n) is 6.71. The summed E-state index contributed by atoms with van der Waals surface area (Å²) in [5, 5.41) is 0. The summed E-state index contributed by atoms with van der Waals surface area (Å²) >= 11 is 0. The van der Waals surface area contributed by atoms with Crippen LogP contribution in [-0.2, 0) is 6.54 Å². The van der Waals surface area contributed by atoms with Gasteiger partial charge in [-0.2, -0.15) is 0 Å². The van der Waals surface area contributed by atoms with E-state index in [1.165, 1.54) is 38.0 Å². The van der Waals surface area contributed by atoms with Gasteiger partial charge in [0.15, 0.2) is 0 Å². The number of nitrogens with zero attached hydrogens (tertiary/aromatic N) is 2. The molecule has 2 N–H and O–H groups in total. The number of rotatable bonds is 2. The fourth-order valence-corrected chi connectivity index (χ4v) is 3.46. The molecule has 1 aliphatic heterocycles. The molecule has 3 nitrogen and oxygen atoms in total. The van der Waals surface area contributed by atoms with Crippen LogP contribution < -0.4 is 5.73 Å². The molecule has 0 aromatic carbocycles. The van der Waals surface area contributed by atoms with Gasteiger partial charge < -0.3 is 5.73 Å². The maximum Gasteiger partial charge on any atom is 0.0543 e. The molecule has 1 saturated heterocycles. The van der Waals surface area contributed by atoms with Crippen LogP contribution in [0.15, 0.2) is 24.4 Å². The molecule has 3 unspecified atom stereocenters. The quantitative estimate of drug-likeness (QED) is 0.892. The Hall–Kier alpha value is -0.640. The molecule has 3 rings (SSSR count). The lowest BCUT2D eigenvalue weighted by Gasteiger charge is -2.29. The van der Waals surface area contributed by atoms with E-state index in [0.717, 1.165) is 18.4 Å². The normalized spacial score (nSPS) is 31.7. The van der Waals surface area contributed by atoms with Gasteiger partial charge in [0.1, 0.15) is 0 Å². The fraction of sp³-hybridized carbons (Fsp3) is 0.643. The molecule has 100 valence electrons. The molecule has 1 saturated carbocycles. The predicted molar refractivity (Wildman–Crippen MR) is 75.6 cm³/mol. The zero-order chi connectivity index (χ0) is 11.7. The molecule has 3 atom stereocenters. The summed E-state index contributed by atoms with van der Waals surface area (Å²) in [7, 11) is 0. The number of fused-ring (bicyclic) bond motifs is 1. The van der Waals surface area contributed by atoms with Gasteiger partial charge in [-0.05, 0) is 36.8 Å². The Morgan fingerprint density at radius 1 is 1.28 bits per heavy atom. The molecule has 18 heavy (non-hydrogen) atoms. The van der Waals surface area contributed by atoms with Crippen molar-refractivity contribution >= 4 is 12.4 Å². The predicted octanol–water partition coefficient (Wildman–Crippen LogP) is 2.06. The van der Waals surface area contributed by atoms with Crippen LogP contribution in [0.1, 0.15) is 25.0 Å². The molecule has 2 aliphatic rings. The van der Waals surface area contributed by atoms with Gasteiger partial charge in [0.25, 0.3) is 0 Å². The summed E-state index contributed by atoms with van der Waals surface area (Å²) in [6, 6.07) is 6.59. The fourth-order valence-electron chi connectivity index (χ4n) is 3.46. The molecule has 1 aliphatic carbocycles. The minimum atomic E-state index is 0. The van der Waals surface area contributed by atoms with Gasteiger partial charge in [0, 0.05) is 31.9 Å². The number of hydrogen-bond donors (Lipinski definition) is 1. The van der Waals surface area contributed by atoms with Crippen molar-refractivity contribution in [3.63, 3.8) is 0 Å². The van der Waals surface area contributed by atoms with E-state index in [4.69, 9.17) is 5.73 Å². The van der Waals surface area contributed by atoms with Crippen molar-refractivity contribution in [3.8, 4) is 0 Å². The maximum atomic E-state index is 6.23. The molecule has 0 radical (unpaired) electrons. The zero-order valence-electron chi connectivity index (χ0n) is 10.7. The SMILES string of the molecule is Cl.NC1CCCC2CN(Cc3ccccn3)CC12. The van der Waals surface area contributed by atoms with Crippen LogP contribution in [0.3, 0.4) is 0 Å². The van der Waals surface area contributed by atoms with Crippen molar-refractivity contribution in [2.75, 3.05) is 13.1 Å². The molecule has 1 aromatic heterocycles. The molecular weight excluding hydrogens is 246 g/mol. The lowest BCUT2D eigenvalue weighted by Crippen LogP contribution is -2.38. The summed E-state index contributed by atoms with van der Waals surface area (Å²) in [6.07, 6.45) is 5.79. The van der Waals surface area contributed by atoms with Crippen LogP contribution in [0.5, 0.6) is 0 Å². The van der Waals surface area contributed by atoms with E-state index in [9.17, 15) is 0 Å². The van der Waals surface area contributed by atoms with Crippen LogP contribution in [0, 0.1) is 11.8 Å². The van der Waals surface area contributed by atoms with Gasteiger partial charge in [0.05, 0.1) is 5.69 Å². The standard InChI is InChI=1S/C14H21N3.ClH/c15-14-6-3-4-11-8-17(10-13(11)14)9-12-5-1-2-7-16-12;/h1-2,5,7,11,13-14H,3-4,6,8-10,15H2;1H. The molecule has 0 amide bonds. The second kappa shape index (κ2) is 6.00. The second-order valence-corrected chi connectivity index (χ2v) is 5.53. The van der Waals surface area contributed by atoms with Gasteiger partial charge in [-0.3, -0.25) is 9.88 Å². The van der Waals surface area contributed by atoms with E-state index in [-0.39, 0.29) is 12.4 Å². The molecule has 2 heterocycles. The number of hydrogen-bond acceptors (Lipinski definition) is 3. The Labute approximate surface area is 115 Å². The highest BCUT2D eigenvalue weighted by Crippen LogP contribution is 2.35. The smallest absolute Gasteiger partial charge is 0.0543 e. The highest BCUT2D eigenvalue weighted by atomic mass is 35.5.